The monoisotopic (exact) mass is 293 g/mol. The number of thiazole rings is 1. The maximum absolute atomic E-state index is 11.3. The van der Waals surface area contributed by atoms with E-state index in [9.17, 15) is 4.79 Å². The van der Waals surface area contributed by atoms with Crippen LogP contribution in [-0.2, 0) is 6.42 Å². The number of methoxy groups -OCH3 is 1. The molecule has 106 valence electrons. The number of rotatable bonds is 6. The van der Waals surface area contributed by atoms with Crippen LogP contribution >= 0.6 is 11.3 Å². The van der Waals surface area contributed by atoms with Crippen LogP contribution in [0, 0.1) is 0 Å². The van der Waals surface area contributed by atoms with Gasteiger partial charge in [0.05, 0.1) is 24.9 Å². The summed E-state index contributed by atoms with van der Waals surface area (Å²) in [6, 6.07) is 7.44. The number of nitrogens with one attached hydrogen (secondary N) is 1. The number of amides is 1. The van der Waals surface area contributed by atoms with Crippen LogP contribution in [0.2, 0.25) is 0 Å². The molecule has 0 aliphatic carbocycles. The SMILES string of the molecule is COc1ccccc1OCCc1ncc(C(=O)NN)s1. The standard InChI is InChI=1S/C13H15N3O3S/c1-18-9-4-2-3-5-10(9)19-7-6-12-15-8-11(20-12)13(17)16-14/h2-5,8H,6-7,14H2,1H3,(H,16,17). The highest BCUT2D eigenvalue weighted by molar-refractivity contribution is 7.13. The second-order valence-electron chi connectivity index (χ2n) is 3.84. The van der Waals surface area contributed by atoms with Crippen LogP contribution in [0.25, 0.3) is 0 Å². The summed E-state index contributed by atoms with van der Waals surface area (Å²) in [6.45, 7) is 0.456. The van der Waals surface area contributed by atoms with Gasteiger partial charge < -0.3 is 9.47 Å². The molecule has 1 aromatic heterocycles. The number of carbonyl (C=O) groups excluding carboxylic acids is 1. The largest absolute Gasteiger partial charge is 0.493 e. The Hall–Kier alpha value is -2.12. The fourth-order valence-electron chi connectivity index (χ4n) is 1.59. The van der Waals surface area contributed by atoms with Gasteiger partial charge in [0.2, 0.25) is 0 Å². The number of nitrogens with zero attached hydrogens (tertiary/aromatic N) is 1. The van der Waals surface area contributed by atoms with E-state index < -0.39 is 0 Å². The van der Waals surface area contributed by atoms with Gasteiger partial charge in [0.25, 0.3) is 5.91 Å². The average Bonchev–Trinajstić information content (AvgIpc) is 2.96. The lowest BCUT2D eigenvalue weighted by Crippen LogP contribution is -2.29. The summed E-state index contributed by atoms with van der Waals surface area (Å²) in [6.07, 6.45) is 2.12. The molecular weight excluding hydrogens is 278 g/mol. The number of hydrogen-bond donors (Lipinski definition) is 2. The first-order valence-electron chi connectivity index (χ1n) is 5.96. The van der Waals surface area contributed by atoms with Crippen molar-refractivity contribution in [2.75, 3.05) is 13.7 Å². The van der Waals surface area contributed by atoms with E-state index in [1.807, 2.05) is 24.3 Å². The van der Waals surface area contributed by atoms with E-state index in [1.165, 1.54) is 17.5 Å². The summed E-state index contributed by atoms with van der Waals surface area (Å²) in [5.41, 5.74) is 2.08. The number of para-hydroxylation sites is 2. The second kappa shape index (κ2) is 6.88. The Kier molecular flexibility index (Phi) is 4.91. The number of aromatic nitrogens is 1. The lowest BCUT2D eigenvalue weighted by Gasteiger charge is -2.09. The van der Waals surface area contributed by atoms with Gasteiger partial charge in [0.1, 0.15) is 4.88 Å². The van der Waals surface area contributed by atoms with Crippen molar-refractivity contribution in [1.82, 2.24) is 10.4 Å². The maximum atomic E-state index is 11.3. The highest BCUT2D eigenvalue weighted by atomic mass is 32.1. The predicted octanol–water partition coefficient (Wildman–Crippen LogP) is 1.38. The lowest BCUT2D eigenvalue weighted by atomic mass is 10.3. The maximum Gasteiger partial charge on any atom is 0.276 e. The normalized spacial score (nSPS) is 10.1. The van der Waals surface area contributed by atoms with Crippen molar-refractivity contribution < 1.29 is 14.3 Å². The second-order valence-corrected chi connectivity index (χ2v) is 4.96. The molecule has 0 unspecified atom stereocenters. The molecule has 3 N–H and O–H groups in total. The number of ether oxygens (including phenoxy) is 2. The van der Waals surface area contributed by atoms with Crippen LogP contribution in [0.5, 0.6) is 11.5 Å². The molecule has 6 nitrogen and oxygen atoms in total. The predicted molar refractivity (Wildman–Crippen MR) is 76.0 cm³/mol. The van der Waals surface area contributed by atoms with E-state index in [4.69, 9.17) is 15.3 Å². The van der Waals surface area contributed by atoms with Gasteiger partial charge in [-0.1, -0.05) is 12.1 Å². The zero-order valence-electron chi connectivity index (χ0n) is 11.0. The molecule has 0 saturated heterocycles. The Morgan fingerprint density at radius 3 is 2.85 bits per heavy atom. The van der Waals surface area contributed by atoms with Crippen molar-refractivity contribution in [1.29, 1.82) is 0 Å². The van der Waals surface area contributed by atoms with Crippen molar-refractivity contribution in [2.24, 2.45) is 5.84 Å². The minimum absolute atomic E-state index is 0.334. The first kappa shape index (κ1) is 14.3. The number of benzene rings is 1. The summed E-state index contributed by atoms with van der Waals surface area (Å²) in [5.74, 6) is 6.10. The van der Waals surface area contributed by atoms with Crippen LogP contribution in [0.3, 0.4) is 0 Å². The average molecular weight is 293 g/mol. The molecule has 0 fully saturated rings. The molecule has 2 aromatic rings. The minimum Gasteiger partial charge on any atom is -0.493 e. The molecule has 0 saturated carbocycles. The van der Waals surface area contributed by atoms with Gasteiger partial charge in [0.15, 0.2) is 11.5 Å². The number of hydrazine groups is 1. The van der Waals surface area contributed by atoms with Crippen molar-refractivity contribution in [2.45, 2.75) is 6.42 Å². The van der Waals surface area contributed by atoms with Crippen LogP contribution in [-0.4, -0.2) is 24.6 Å². The number of nitrogens with two attached hydrogens (primary N) is 1. The molecule has 0 bridgehead atoms. The quantitative estimate of drug-likeness (QED) is 0.477. The molecule has 20 heavy (non-hydrogen) atoms. The van der Waals surface area contributed by atoms with Crippen molar-refractivity contribution in [3.63, 3.8) is 0 Å². The Balaban J connectivity index is 1.89. The van der Waals surface area contributed by atoms with Crippen LogP contribution in [0.4, 0.5) is 0 Å². The van der Waals surface area contributed by atoms with Gasteiger partial charge in [-0.25, -0.2) is 10.8 Å². The Bertz CT molecular complexity index is 586. The van der Waals surface area contributed by atoms with Gasteiger partial charge >= 0.3 is 0 Å². The first-order chi connectivity index (χ1) is 9.74. The zero-order chi connectivity index (χ0) is 14.4. The van der Waals surface area contributed by atoms with Gasteiger partial charge in [-0.2, -0.15) is 0 Å². The summed E-state index contributed by atoms with van der Waals surface area (Å²) in [7, 11) is 1.60. The van der Waals surface area contributed by atoms with Crippen molar-refractivity contribution in [3.05, 3.63) is 40.3 Å². The van der Waals surface area contributed by atoms with E-state index in [0.29, 0.717) is 29.4 Å². The third kappa shape index (κ3) is 3.46. The molecule has 0 aliphatic heterocycles. The topological polar surface area (TPSA) is 86.5 Å². The molecule has 2 rings (SSSR count). The van der Waals surface area contributed by atoms with E-state index >= 15 is 0 Å². The van der Waals surface area contributed by atoms with Crippen LogP contribution in [0.1, 0.15) is 14.7 Å². The molecule has 1 amide bonds. The minimum atomic E-state index is -0.334. The van der Waals surface area contributed by atoms with Crippen LogP contribution in [0.15, 0.2) is 30.5 Å². The van der Waals surface area contributed by atoms with Crippen molar-refractivity contribution in [3.8, 4) is 11.5 Å². The van der Waals surface area contributed by atoms with Crippen LogP contribution < -0.4 is 20.7 Å². The highest BCUT2D eigenvalue weighted by Crippen LogP contribution is 2.26. The summed E-state index contributed by atoms with van der Waals surface area (Å²) in [5, 5.41) is 0.818. The molecule has 0 spiro atoms. The first-order valence-corrected chi connectivity index (χ1v) is 6.77. The fourth-order valence-corrected chi connectivity index (χ4v) is 2.39. The fraction of sp³-hybridized carbons (Fsp3) is 0.231. The number of carbonyl (C=O) groups is 1. The van der Waals surface area contributed by atoms with Gasteiger partial charge in [-0.15, -0.1) is 11.3 Å². The van der Waals surface area contributed by atoms with E-state index in [-0.39, 0.29) is 5.91 Å². The van der Waals surface area contributed by atoms with Gasteiger partial charge in [-0.3, -0.25) is 10.2 Å². The molecule has 1 aromatic carbocycles. The Morgan fingerprint density at radius 2 is 2.15 bits per heavy atom. The number of hydrogen-bond acceptors (Lipinski definition) is 6. The molecule has 7 heteroatoms. The highest BCUT2D eigenvalue weighted by Gasteiger charge is 2.09. The molecule has 0 atom stereocenters. The van der Waals surface area contributed by atoms with Gasteiger partial charge in [-0.05, 0) is 12.1 Å². The molecule has 1 heterocycles. The third-order valence-corrected chi connectivity index (χ3v) is 3.61. The van der Waals surface area contributed by atoms with E-state index in [1.54, 1.807) is 7.11 Å². The zero-order valence-corrected chi connectivity index (χ0v) is 11.8. The third-order valence-electron chi connectivity index (χ3n) is 2.55. The lowest BCUT2D eigenvalue weighted by molar-refractivity contribution is 0.0957. The smallest absolute Gasteiger partial charge is 0.276 e. The molecular formula is C13H15N3O3S. The molecule has 0 radical (unpaired) electrons. The Labute approximate surface area is 120 Å². The molecule has 0 aliphatic rings. The summed E-state index contributed by atoms with van der Waals surface area (Å²) < 4.78 is 10.8. The van der Waals surface area contributed by atoms with E-state index in [0.717, 1.165) is 5.01 Å². The number of nitrogen functional groups attached to an aromatic ring is 1. The van der Waals surface area contributed by atoms with Gasteiger partial charge in [0, 0.05) is 6.42 Å². The van der Waals surface area contributed by atoms with Crippen molar-refractivity contribution >= 4 is 17.2 Å². The summed E-state index contributed by atoms with van der Waals surface area (Å²) in [4.78, 5) is 15.9. The Morgan fingerprint density at radius 1 is 1.40 bits per heavy atom. The van der Waals surface area contributed by atoms with E-state index in [2.05, 4.69) is 10.4 Å². The summed E-state index contributed by atoms with van der Waals surface area (Å²) >= 11 is 1.30.